The molecule has 0 saturated carbocycles. The average molecular weight is 425 g/mol. The van der Waals surface area contributed by atoms with Crippen molar-refractivity contribution >= 4 is 5.97 Å². The van der Waals surface area contributed by atoms with Gasteiger partial charge >= 0.3 is 5.97 Å². The number of hydrogen-bond donors (Lipinski definition) is 0. The molecular weight excluding hydrogens is 368 g/mol. The lowest BCUT2D eigenvalue weighted by Gasteiger charge is -2.22. The highest BCUT2D eigenvalue weighted by atomic mass is 16.5. The summed E-state index contributed by atoms with van der Waals surface area (Å²) in [5.41, 5.74) is 0. The second kappa shape index (κ2) is 23.1. The summed E-state index contributed by atoms with van der Waals surface area (Å²) in [6.07, 6.45) is 28.2. The van der Waals surface area contributed by atoms with Gasteiger partial charge in [-0.1, -0.05) is 136 Å². The molecule has 0 amide bonds. The lowest BCUT2D eigenvalue weighted by atomic mass is 9.91. The molecule has 0 bridgehead atoms. The number of unbranched alkanes of at least 4 members (excludes halogenated alkanes) is 15. The van der Waals surface area contributed by atoms with Crippen LogP contribution in [-0.4, -0.2) is 12.1 Å². The first-order valence-corrected chi connectivity index (χ1v) is 13.8. The zero-order chi connectivity index (χ0) is 22.3. The number of hydrogen-bond acceptors (Lipinski definition) is 2. The van der Waals surface area contributed by atoms with Crippen LogP contribution < -0.4 is 0 Å². The number of carbonyl (C=O) groups is 1. The van der Waals surface area contributed by atoms with Gasteiger partial charge in [0.05, 0.1) is 0 Å². The van der Waals surface area contributed by atoms with Crippen LogP contribution >= 0.6 is 0 Å². The molecule has 0 radical (unpaired) electrons. The van der Waals surface area contributed by atoms with Crippen molar-refractivity contribution in [3.63, 3.8) is 0 Å². The van der Waals surface area contributed by atoms with Gasteiger partial charge in [-0.2, -0.15) is 0 Å². The maximum atomic E-state index is 11.5. The third-order valence-electron chi connectivity index (χ3n) is 6.60. The van der Waals surface area contributed by atoms with E-state index in [-0.39, 0.29) is 12.1 Å². The fourth-order valence-electron chi connectivity index (χ4n) is 4.56. The van der Waals surface area contributed by atoms with Crippen molar-refractivity contribution in [2.24, 2.45) is 5.92 Å². The lowest BCUT2D eigenvalue weighted by Crippen LogP contribution is -2.20. The molecular formula is C28H56O2. The van der Waals surface area contributed by atoms with Crippen LogP contribution in [0.1, 0.15) is 163 Å². The first-order valence-electron chi connectivity index (χ1n) is 13.8. The Kier molecular flexibility index (Phi) is 22.7. The molecule has 0 aliphatic rings. The van der Waals surface area contributed by atoms with Gasteiger partial charge in [-0.05, 0) is 25.2 Å². The molecule has 180 valence electrons. The van der Waals surface area contributed by atoms with Crippen LogP contribution in [0.4, 0.5) is 0 Å². The molecule has 0 fully saturated rings. The molecule has 0 aromatic rings. The van der Waals surface area contributed by atoms with Gasteiger partial charge in [0, 0.05) is 6.92 Å². The number of esters is 1. The van der Waals surface area contributed by atoms with E-state index in [1.165, 1.54) is 122 Å². The highest BCUT2D eigenvalue weighted by Crippen LogP contribution is 2.23. The Labute approximate surface area is 190 Å². The van der Waals surface area contributed by atoms with Crippen molar-refractivity contribution in [1.29, 1.82) is 0 Å². The molecule has 0 aromatic carbocycles. The fraction of sp³-hybridized carbons (Fsp3) is 0.964. The Morgan fingerprint density at radius 3 is 1.43 bits per heavy atom. The smallest absolute Gasteiger partial charge is 0.302 e. The summed E-state index contributed by atoms with van der Waals surface area (Å²) in [4.78, 5) is 11.5. The predicted octanol–water partition coefficient (Wildman–Crippen LogP) is 9.79. The van der Waals surface area contributed by atoms with E-state index in [1.54, 1.807) is 6.92 Å². The zero-order valence-electron chi connectivity index (χ0n) is 21.3. The molecule has 2 unspecified atom stereocenters. The Balaban J connectivity index is 3.62. The van der Waals surface area contributed by atoms with Crippen molar-refractivity contribution < 1.29 is 9.53 Å². The average Bonchev–Trinajstić information content (AvgIpc) is 2.73. The molecule has 30 heavy (non-hydrogen) atoms. The van der Waals surface area contributed by atoms with Crippen molar-refractivity contribution in [2.75, 3.05) is 0 Å². The molecule has 0 saturated heterocycles. The molecule has 0 spiro atoms. The van der Waals surface area contributed by atoms with Crippen molar-refractivity contribution in [3.05, 3.63) is 0 Å². The minimum absolute atomic E-state index is 0.105. The van der Waals surface area contributed by atoms with E-state index in [0.717, 1.165) is 12.8 Å². The third-order valence-corrected chi connectivity index (χ3v) is 6.60. The van der Waals surface area contributed by atoms with Gasteiger partial charge in [-0.15, -0.1) is 0 Å². The van der Waals surface area contributed by atoms with Crippen molar-refractivity contribution in [3.8, 4) is 0 Å². The third kappa shape index (κ3) is 20.7. The second-order valence-electron chi connectivity index (χ2n) is 9.62. The SMILES string of the molecule is CCCCCCCCCCCCCCCCCC(CC(CC)CCCC)OC(C)=O. The van der Waals surface area contributed by atoms with Gasteiger partial charge in [0.2, 0.25) is 0 Å². The van der Waals surface area contributed by atoms with Crippen LogP contribution in [-0.2, 0) is 9.53 Å². The fourth-order valence-corrected chi connectivity index (χ4v) is 4.56. The Morgan fingerprint density at radius 1 is 0.600 bits per heavy atom. The molecule has 2 atom stereocenters. The van der Waals surface area contributed by atoms with Gasteiger partial charge in [0.25, 0.3) is 0 Å². The Bertz CT molecular complexity index is 353. The van der Waals surface area contributed by atoms with Crippen LogP contribution in [0.25, 0.3) is 0 Å². The molecule has 2 nitrogen and oxygen atoms in total. The normalized spacial score (nSPS) is 13.3. The number of rotatable bonds is 23. The zero-order valence-corrected chi connectivity index (χ0v) is 21.3. The first-order chi connectivity index (χ1) is 14.6. The van der Waals surface area contributed by atoms with E-state index >= 15 is 0 Å². The summed E-state index contributed by atoms with van der Waals surface area (Å²) in [5.74, 6) is 0.608. The van der Waals surface area contributed by atoms with Gasteiger partial charge in [0.1, 0.15) is 6.10 Å². The minimum Gasteiger partial charge on any atom is -0.463 e. The topological polar surface area (TPSA) is 26.3 Å². The Hall–Kier alpha value is -0.530. The van der Waals surface area contributed by atoms with Gasteiger partial charge in [-0.25, -0.2) is 0 Å². The molecule has 2 heteroatoms. The highest BCUT2D eigenvalue weighted by Gasteiger charge is 2.17. The van der Waals surface area contributed by atoms with E-state index in [9.17, 15) is 4.79 Å². The van der Waals surface area contributed by atoms with E-state index < -0.39 is 0 Å². The molecule has 0 aliphatic heterocycles. The van der Waals surface area contributed by atoms with Gasteiger partial charge in [0.15, 0.2) is 0 Å². The summed E-state index contributed by atoms with van der Waals surface area (Å²) in [6.45, 7) is 8.38. The highest BCUT2D eigenvalue weighted by molar-refractivity contribution is 5.66. The van der Waals surface area contributed by atoms with E-state index in [4.69, 9.17) is 4.74 Å². The molecule has 0 N–H and O–H groups in total. The van der Waals surface area contributed by atoms with Crippen LogP contribution in [0.5, 0.6) is 0 Å². The molecule has 0 aliphatic carbocycles. The summed E-state index contributed by atoms with van der Waals surface area (Å²) in [6, 6.07) is 0. The van der Waals surface area contributed by atoms with E-state index in [2.05, 4.69) is 20.8 Å². The van der Waals surface area contributed by atoms with Crippen LogP contribution in [0, 0.1) is 5.92 Å². The largest absolute Gasteiger partial charge is 0.463 e. The number of carbonyl (C=O) groups excluding carboxylic acids is 1. The predicted molar refractivity (Wildman–Crippen MR) is 133 cm³/mol. The summed E-state index contributed by atoms with van der Waals surface area (Å²) < 4.78 is 5.64. The van der Waals surface area contributed by atoms with E-state index in [0.29, 0.717) is 5.92 Å². The maximum absolute atomic E-state index is 11.5. The lowest BCUT2D eigenvalue weighted by molar-refractivity contribution is -0.147. The van der Waals surface area contributed by atoms with Crippen LogP contribution in [0.15, 0.2) is 0 Å². The summed E-state index contributed by atoms with van der Waals surface area (Å²) in [7, 11) is 0. The number of ether oxygens (including phenoxy) is 1. The van der Waals surface area contributed by atoms with Crippen molar-refractivity contribution in [1.82, 2.24) is 0 Å². The van der Waals surface area contributed by atoms with Crippen LogP contribution in [0.3, 0.4) is 0 Å². The minimum atomic E-state index is -0.105. The molecule has 0 aromatic heterocycles. The Morgan fingerprint density at radius 2 is 1.03 bits per heavy atom. The maximum Gasteiger partial charge on any atom is 0.302 e. The van der Waals surface area contributed by atoms with Gasteiger partial charge < -0.3 is 4.74 Å². The molecule has 0 heterocycles. The first kappa shape index (κ1) is 29.5. The monoisotopic (exact) mass is 424 g/mol. The summed E-state index contributed by atoms with van der Waals surface area (Å²) >= 11 is 0. The second-order valence-corrected chi connectivity index (χ2v) is 9.62. The van der Waals surface area contributed by atoms with Crippen molar-refractivity contribution in [2.45, 2.75) is 169 Å². The van der Waals surface area contributed by atoms with E-state index in [1.807, 2.05) is 0 Å². The summed E-state index contributed by atoms with van der Waals surface area (Å²) in [5, 5.41) is 0. The standard InChI is InChI=1S/C28H56O2/c1-5-8-10-11-12-13-14-15-16-17-18-19-20-21-22-24-28(30-26(4)29)25-27(7-3)23-9-6-2/h27-28H,5-25H2,1-4H3. The molecule has 0 rings (SSSR count). The van der Waals surface area contributed by atoms with Crippen LogP contribution in [0.2, 0.25) is 0 Å². The quantitative estimate of drug-likeness (QED) is 0.120. The van der Waals surface area contributed by atoms with Gasteiger partial charge in [-0.3, -0.25) is 4.79 Å².